The second-order valence-electron chi connectivity index (χ2n) is 5.61. The molecule has 0 saturated heterocycles. The monoisotopic (exact) mass is 328 g/mol. The van der Waals surface area contributed by atoms with Crippen molar-refractivity contribution in [2.24, 2.45) is 0 Å². The summed E-state index contributed by atoms with van der Waals surface area (Å²) in [5.74, 6) is 8.36. The summed E-state index contributed by atoms with van der Waals surface area (Å²) in [4.78, 5) is 0. The summed E-state index contributed by atoms with van der Waals surface area (Å²) in [6.45, 7) is 0. The summed E-state index contributed by atoms with van der Waals surface area (Å²) in [5, 5.41) is 0. The smallest absolute Gasteiger partial charge is 0.118 e. The zero-order valence-corrected chi connectivity index (χ0v) is 14.4. The lowest BCUT2D eigenvalue weighted by molar-refractivity contribution is 0.414. The van der Waals surface area contributed by atoms with Gasteiger partial charge in [-0.1, -0.05) is 54.3 Å². The Morgan fingerprint density at radius 2 is 1.12 bits per heavy atom. The van der Waals surface area contributed by atoms with Crippen molar-refractivity contribution < 1.29 is 9.47 Å². The number of hydrogen-bond donors (Lipinski definition) is 0. The fourth-order valence-electron chi connectivity index (χ4n) is 2.63. The summed E-state index contributed by atoms with van der Waals surface area (Å²) in [6.07, 6.45) is 0. The Kier molecular flexibility index (Phi) is 5.39. The maximum Gasteiger partial charge on any atom is 0.118 e. The van der Waals surface area contributed by atoms with Crippen molar-refractivity contribution >= 4 is 0 Å². The van der Waals surface area contributed by atoms with E-state index in [2.05, 4.69) is 36.1 Å². The molecule has 0 aliphatic heterocycles. The highest BCUT2D eigenvalue weighted by Gasteiger charge is 2.12. The second kappa shape index (κ2) is 8.08. The van der Waals surface area contributed by atoms with Crippen LogP contribution in [0.25, 0.3) is 0 Å². The molecule has 0 spiro atoms. The van der Waals surface area contributed by atoms with E-state index >= 15 is 0 Å². The van der Waals surface area contributed by atoms with Crippen LogP contribution < -0.4 is 9.47 Å². The molecule has 0 heterocycles. The minimum Gasteiger partial charge on any atom is -0.497 e. The Bertz CT molecular complexity index is 806. The second-order valence-corrected chi connectivity index (χ2v) is 5.61. The molecule has 2 nitrogen and oxygen atoms in total. The van der Waals surface area contributed by atoms with Crippen molar-refractivity contribution in [3.63, 3.8) is 0 Å². The van der Waals surface area contributed by atoms with E-state index in [4.69, 9.17) is 9.47 Å². The molecule has 124 valence electrons. The van der Waals surface area contributed by atoms with Crippen LogP contribution in [0.1, 0.15) is 22.6 Å². The first-order valence-electron chi connectivity index (χ1n) is 8.14. The first-order valence-corrected chi connectivity index (χ1v) is 8.14. The Morgan fingerprint density at radius 3 is 1.56 bits per heavy atom. The van der Waals surface area contributed by atoms with Crippen LogP contribution in [0.2, 0.25) is 0 Å². The zero-order chi connectivity index (χ0) is 17.5. The lowest BCUT2D eigenvalue weighted by Crippen LogP contribution is -1.99. The third kappa shape index (κ3) is 4.22. The van der Waals surface area contributed by atoms with Gasteiger partial charge >= 0.3 is 0 Å². The SMILES string of the molecule is COc1ccc(C(C#Cc2ccccc2)c2ccc(OC)cc2)cc1. The van der Waals surface area contributed by atoms with Crippen molar-refractivity contribution in [2.45, 2.75) is 5.92 Å². The molecule has 0 atom stereocenters. The lowest BCUT2D eigenvalue weighted by Gasteiger charge is -2.13. The maximum atomic E-state index is 5.26. The molecule has 3 aromatic carbocycles. The minimum atomic E-state index is -0.0166. The fraction of sp³-hybridized carbons (Fsp3) is 0.130. The zero-order valence-electron chi connectivity index (χ0n) is 14.4. The molecule has 0 N–H and O–H groups in total. The quantitative estimate of drug-likeness (QED) is 0.635. The first kappa shape index (κ1) is 16.7. The van der Waals surface area contributed by atoms with Crippen LogP contribution in [-0.2, 0) is 0 Å². The van der Waals surface area contributed by atoms with Gasteiger partial charge in [-0.05, 0) is 47.5 Å². The first-order chi connectivity index (χ1) is 12.3. The van der Waals surface area contributed by atoms with Gasteiger partial charge in [0.1, 0.15) is 11.5 Å². The molecule has 0 aliphatic rings. The van der Waals surface area contributed by atoms with E-state index in [0.29, 0.717) is 0 Å². The van der Waals surface area contributed by atoms with Crippen molar-refractivity contribution in [1.82, 2.24) is 0 Å². The molecule has 25 heavy (non-hydrogen) atoms. The van der Waals surface area contributed by atoms with Crippen LogP contribution in [-0.4, -0.2) is 14.2 Å². The van der Waals surface area contributed by atoms with Crippen molar-refractivity contribution in [2.75, 3.05) is 14.2 Å². The summed E-state index contributed by atoms with van der Waals surface area (Å²) in [6, 6.07) is 26.2. The lowest BCUT2D eigenvalue weighted by atomic mass is 9.91. The van der Waals surface area contributed by atoms with Gasteiger partial charge < -0.3 is 9.47 Å². The van der Waals surface area contributed by atoms with Crippen LogP contribution in [0.4, 0.5) is 0 Å². The Morgan fingerprint density at radius 1 is 0.640 bits per heavy atom. The molecule has 0 radical (unpaired) electrons. The third-order valence-electron chi connectivity index (χ3n) is 4.03. The van der Waals surface area contributed by atoms with Gasteiger partial charge in [-0.25, -0.2) is 0 Å². The highest BCUT2D eigenvalue weighted by Crippen LogP contribution is 2.27. The third-order valence-corrected chi connectivity index (χ3v) is 4.03. The molecular formula is C23H20O2. The van der Waals surface area contributed by atoms with Gasteiger partial charge in [0.15, 0.2) is 0 Å². The van der Waals surface area contributed by atoms with Crippen LogP contribution >= 0.6 is 0 Å². The summed E-state index contributed by atoms with van der Waals surface area (Å²) < 4.78 is 10.5. The standard InChI is InChI=1S/C23H20O2/c1-24-21-13-9-19(10-14-21)23(17-8-18-6-4-3-5-7-18)20-11-15-22(25-2)16-12-20/h3-7,9-16,23H,1-2H3. The van der Waals surface area contributed by atoms with E-state index in [9.17, 15) is 0 Å². The molecule has 0 aliphatic carbocycles. The molecule has 0 aromatic heterocycles. The number of rotatable bonds is 4. The van der Waals surface area contributed by atoms with Crippen LogP contribution in [0, 0.1) is 11.8 Å². The van der Waals surface area contributed by atoms with Crippen molar-refractivity contribution in [3.8, 4) is 23.3 Å². The van der Waals surface area contributed by atoms with E-state index in [0.717, 1.165) is 28.2 Å². The van der Waals surface area contributed by atoms with E-state index < -0.39 is 0 Å². The fourth-order valence-corrected chi connectivity index (χ4v) is 2.63. The van der Waals surface area contributed by atoms with E-state index in [1.165, 1.54) is 0 Å². The van der Waals surface area contributed by atoms with Gasteiger partial charge in [0, 0.05) is 5.56 Å². The maximum absolute atomic E-state index is 5.26. The molecule has 0 amide bonds. The number of ether oxygens (including phenoxy) is 2. The molecule has 0 bridgehead atoms. The van der Waals surface area contributed by atoms with E-state index in [1.807, 2.05) is 54.6 Å². The largest absolute Gasteiger partial charge is 0.497 e. The molecule has 2 heteroatoms. The van der Waals surface area contributed by atoms with Crippen LogP contribution in [0.3, 0.4) is 0 Å². The van der Waals surface area contributed by atoms with Crippen LogP contribution in [0.5, 0.6) is 11.5 Å². The van der Waals surface area contributed by atoms with E-state index in [1.54, 1.807) is 14.2 Å². The predicted octanol–water partition coefficient (Wildman–Crippen LogP) is 4.89. The molecule has 3 rings (SSSR count). The number of benzene rings is 3. The van der Waals surface area contributed by atoms with Crippen molar-refractivity contribution in [3.05, 3.63) is 95.6 Å². The van der Waals surface area contributed by atoms with Gasteiger partial charge in [-0.3, -0.25) is 0 Å². The molecule has 0 fully saturated rings. The minimum absolute atomic E-state index is 0.0166. The summed E-state index contributed by atoms with van der Waals surface area (Å²) >= 11 is 0. The van der Waals surface area contributed by atoms with E-state index in [-0.39, 0.29) is 5.92 Å². The molecular weight excluding hydrogens is 308 g/mol. The Hall–Kier alpha value is -3.18. The number of methoxy groups -OCH3 is 2. The molecule has 0 unspecified atom stereocenters. The molecule has 3 aromatic rings. The average Bonchev–Trinajstić information content (AvgIpc) is 2.70. The van der Waals surface area contributed by atoms with Gasteiger partial charge in [0.25, 0.3) is 0 Å². The average molecular weight is 328 g/mol. The van der Waals surface area contributed by atoms with Crippen molar-refractivity contribution in [1.29, 1.82) is 0 Å². The Labute approximate surface area is 149 Å². The number of hydrogen-bond acceptors (Lipinski definition) is 2. The Balaban J connectivity index is 1.99. The van der Waals surface area contributed by atoms with Gasteiger partial charge in [0.05, 0.1) is 20.1 Å². The summed E-state index contributed by atoms with van der Waals surface area (Å²) in [5.41, 5.74) is 3.28. The topological polar surface area (TPSA) is 18.5 Å². The highest BCUT2D eigenvalue weighted by molar-refractivity contribution is 5.46. The van der Waals surface area contributed by atoms with Gasteiger partial charge in [0.2, 0.25) is 0 Å². The van der Waals surface area contributed by atoms with Gasteiger partial charge in [-0.15, -0.1) is 0 Å². The molecule has 0 saturated carbocycles. The normalized spacial score (nSPS) is 10.0. The highest BCUT2D eigenvalue weighted by atomic mass is 16.5. The predicted molar refractivity (Wildman–Crippen MR) is 101 cm³/mol. The summed E-state index contributed by atoms with van der Waals surface area (Å²) in [7, 11) is 3.34. The van der Waals surface area contributed by atoms with Gasteiger partial charge in [-0.2, -0.15) is 0 Å². The van der Waals surface area contributed by atoms with Crippen LogP contribution in [0.15, 0.2) is 78.9 Å².